The molecule has 0 atom stereocenters. The van der Waals surface area contributed by atoms with Crippen LogP contribution in [0.1, 0.15) is 21.7 Å². The van der Waals surface area contributed by atoms with Gasteiger partial charge in [0.05, 0.1) is 26.1 Å². The van der Waals surface area contributed by atoms with Crippen molar-refractivity contribution in [3.8, 4) is 23.1 Å². The lowest BCUT2D eigenvalue weighted by molar-refractivity contribution is 0.0949. The van der Waals surface area contributed by atoms with Crippen molar-refractivity contribution in [2.24, 2.45) is 5.10 Å². The Hall–Kier alpha value is -4.59. The van der Waals surface area contributed by atoms with Gasteiger partial charge in [-0.05, 0) is 34.6 Å². The van der Waals surface area contributed by atoms with Crippen molar-refractivity contribution in [1.82, 2.24) is 30.7 Å². The Labute approximate surface area is 202 Å². The van der Waals surface area contributed by atoms with Gasteiger partial charge in [-0.2, -0.15) is 9.78 Å². The van der Waals surface area contributed by atoms with E-state index in [0.29, 0.717) is 17.0 Å². The lowest BCUT2D eigenvalue weighted by Gasteiger charge is -2.09. The smallest absolute Gasteiger partial charge is 0.293 e. The summed E-state index contributed by atoms with van der Waals surface area (Å²) in [4.78, 5) is 13.9. The van der Waals surface area contributed by atoms with E-state index in [2.05, 4.69) is 35.8 Å². The minimum Gasteiger partial charge on any atom is -0.502 e. The van der Waals surface area contributed by atoms with Gasteiger partial charge in [-0.1, -0.05) is 23.4 Å². The number of nitrogens with two attached hydrogens (primary N) is 1. The first-order chi connectivity index (χ1) is 17.0. The van der Waals surface area contributed by atoms with Crippen LogP contribution in [0.4, 0.5) is 5.82 Å². The van der Waals surface area contributed by atoms with Crippen molar-refractivity contribution in [2.45, 2.75) is 10.6 Å². The molecule has 0 aliphatic heterocycles. The number of carbonyl (C=O) groups is 1. The van der Waals surface area contributed by atoms with Crippen molar-refractivity contribution in [2.75, 3.05) is 20.0 Å². The van der Waals surface area contributed by atoms with Crippen LogP contribution in [-0.4, -0.2) is 56.8 Å². The summed E-state index contributed by atoms with van der Waals surface area (Å²) in [5.74, 6) is 0.0763. The highest BCUT2D eigenvalue weighted by Crippen LogP contribution is 2.36. The van der Waals surface area contributed by atoms with E-state index in [0.717, 1.165) is 4.90 Å². The summed E-state index contributed by atoms with van der Waals surface area (Å²) >= 11 is 1.47. The molecule has 1 amide bonds. The molecule has 13 nitrogen and oxygen atoms in total. The minimum atomic E-state index is -0.608. The van der Waals surface area contributed by atoms with Crippen LogP contribution in [0.3, 0.4) is 0 Å². The van der Waals surface area contributed by atoms with Gasteiger partial charge in [0, 0.05) is 16.2 Å². The quantitative estimate of drug-likeness (QED) is 0.175. The highest BCUT2D eigenvalue weighted by Gasteiger charge is 2.24. The topological polar surface area (TPSA) is 176 Å². The maximum atomic E-state index is 12.9. The molecule has 4 aromatic rings. The minimum absolute atomic E-state index is 0.000986. The Balaban J connectivity index is 1.57. The number of ether oxygens (including phenoxy) is 2. The van der Waals surface area contributed by atoms with Gasteiger partial charge >= 0.3 is 0 Å². The lowest BCUT2D eigenvalue weighted by Crippen LogP contribution is -2.20. The largest absolute Gasteiger partial charge is 0.502 e. The summed E-state index contributed by atoms with van der Waals surface area (Å²) in [5.41, 5.74) is 9.19. The molecule has 0 bridgehead atoms. The predicted octanol–water partition coefficient (Wildman–Crippen LogP) is 2.01. The number of nitrogens with zero attached hydrogens (tertiary/aromatic N) is 6. The molecule has 35 heavy (non-hydrogen) atoms. The van der Waals surface area contributed by atoms with Gasteiger partial charge in [0.15, 0.2) is 17.2 Å². The first-order valence-corrected chi connectivity index (χ1v) is 11.0. The molecular formula is C21H20N8O5S. The summed E-state index contributed by atoms with van der Waals surface area (Å²) in [6.07, 6.45) is 1.37. The molecule has 0 aliphatic rings. The Morgan fingerprint density at radius 1 is 1.23 bits per heavy atom. The van der Waals surface area contributed by atoms with Gasteiger partial charge in [-0.15, -0.1) is 16.9 Å². The van der Waals surface area contributed by atoms with Crippen molar-refractivity contribution >= 4 is 29.7 Å². The molecule has 2 aromatic carbocycles. The summed E-state index contributed by atoms with van der Waals surface area (Å²) in [6, 6.07) is 12.7. The molecule has 0 spiro atoms. The van der Waals surface area contributed by atoms with Crippen LogP contribution in [0.5, 0.6) is 17.2 Å². The fraction of sp³-hybridized carbons (Fsp3) is 0.143. The number of carbonyl (C=O) groups excluding carboxylic acids is 1. The van der Waals surface area contributed by atoms with Crippen LogP contribution in [0, 0.1) is 0 Å². The Kier molecular flexibility index (Phi) is 7.11. The first-order valence-electron chi connectivity index (χ1n) is 10.0. The van der Waals surface area contributed by atoms with Gasteiger partial charge in [-0.25, -0.2) is 10.1 Å². The van der Waals surface area contributed by atoms with E-state index in [-0.39, 0.29) is 34.6 Å². The third-order valence-electron chi connectivity index (χ3n) is 4.68. The second-order valence-electron chi connectivity index (χ2n) is 6.84. The van der Waals surface area contributed by atoms with E-state index < -0.39 is 5.91 Å². The van der Waals surface area contributed by atoms with Crippen molar-refractivity contribution in [3.05, 3.63) is 59.4 Å². The van der Waals surface area contributed by atoms with Crippen LogP contribution in [-0.2, 0) is 5.75 Å². The molecule has 0 radical (unpaired) electrons. The van der Waals surface area contributed by atoms with Gasteiger partial charge in [-0.3, -0.25) is 4.79 Å². The number of aromatic nitrogens is 5. The molecule has 2 heterocycles. The highest BCUT2D eigenvalue weighted by molar-refractivity contribution is 7.98. The van der Waals surface area contributed by atoms with Crippen LogP contribution in [0.15, 0.2) is 57.1 Å². The number of amides is 1. The Morgan fingerprint density at radius 2 is 1.94 bits per heavy atom. The molecule has 2 aromatic heterocycles. The van der Waals surface area contributed by atoms with E-state index in [1.165, 1.54) is 49.0 Å². The lowest BCUT2D eigenvalue weighted by atomic mass is 10.2. The van der Waals surface area contributed by atoms with E-state index in [4.69, 9.17) is 15.2 Å². The molecule has 180 valence electrons. The number of aromatic hydroxyl groups is 1. The average Bonchev–Trinajstić information content (AvgIpc) is 3.49. The van der Waals surface area contributed by atoms with Crippen molar-refractivity contribution < 1.29 is 24.0 Å². The van der Waals surface area contributed by atoms with E-state index in [1.807, 2.05) is 30.3 Å². The maximum absolute atomic E-state index is 12.9. The number of benzene rings is 2. The SMILES string of the molecule is COc1cc(/C=N\NC(=O)c2nnn(-c3nonc3N)c2CSc2ccccc2)cc(OC)c1O. The van der Waals surface area contributed by atoms with Crippen molar-refractivity contribution in [1.29, 1.82) is 0 Å². The Bertz CT molecular complexity index is 1330. The van der Waals surface area contributed by atoms with Crippen LogP contribution in [0.2, 0.25) is 0 Å². The van der Waals surface area contributed by atoms with E-state index in [1.54, 1.807) is 0 Å². The standard InChI is InChI=1S/C21H20N8O5S/c1-32-15-8-12(9-16(33-2)18(15)30)10-23-25-21(31)17-14(11-35-13-6-4-3-5-7-13)29(28-24-17)20-19(22)26-34-27-20/h3-10,30H,11H2,1-2H3,(H2,22,26)(H,25,31)/b23-10-. The predicted molar refractivity (Wildman–Crippen MR) is 126 cm³/mol. The molecule has 0 aliphatic carbocycles. The number of phenolic OH excluding ortho intramolecular Hbond substituents is 1. The third-order valence-corrected chi connectivity index (χ3v) is 5.70. The van der Waals surface area contributed by atoms with Gasteiger partial charge in [0.1, 0.15) is 0 Å². The monoisotopic (exact) mass is 496 g/mol. The van der Waals surface area contributed by atoms with Crippen molar-refractivity contribution in [3.63, 3.8) is 0 Å². The summed E-state index contributed by atoms with van der Waals surface area (Å²) < 4.78 is 16.2. The zero-order valence-corrected chi connectivity index (χ0v) is 19.4. The fourth-order valence-electron chi connectivity index (χ4n) is 2.99. The highest BCUT2D eigenvalue weighted by atomic mass is 32.2. The maximum Gasteiger partial charge on any atom is 0.293 e. The molecule has 0 saturated heterocycles. The Morgan fingerprint density at radius 3 is 2.57 bits per heavy atom. The number of hydrogen-bond acceptors (Lipinski definition) is 12. The molecule has 4 N–H and O–H groups in total. The zero-order chi connectivity index (χ0) is 24.8. The first kappa shape index (κ1) is 23.6. The average molecular weight is 497 g/mol. The second kappa shape index (κ2) is 10.6. The van der Waals surface area contributed by atoms with Crippen LogP contribution in [0.25, 0.3) is 5.82 Å². The number of anilines is 1. The normalized spacial score (nSPS) is 11.0. The number of thioether (sulfide) groups is 1. The molecule has 14 heteroatoms. The third kappa shape index (κ3) is 5.16. The number of nitrogens with one attached hydrogen (secondary N) is 1. The summed E-state index contributed by atoms with van der Waals surface area (Å²) in [6.45, 7) is 0. The van der Waals surface area contributed by atoms with E-state index in [9.17, 15) is 9.90 Å². The van der Waals surface area contributed by atoms with E-state index >= 15 is 0 Å². The summed E-state index contributed by atoms with van der Waals surface area (Å²) in [5, 5.41) is 29.3. The van der Waals surface area contributed by atoms with Gasteiger partial charge < -0.3 is 20.3 Å². The molecule has 0 unspecified atom stereocenters. The number of hydrogen-bond donors (Lipinski definition) is 3. The molecule has 4 rings (SSSR count). The van der Waals surface area contributed by atoms with Gasteiger partial charge in [0.25, 0.3) is 5.91 Å². The molecular weight excluding hydrogens is 476 g/mol. The number of phenols is 1. The second-order valence-corrected chi connectivity index (χ2v) is 7.89. The summed E-state index contributed by atoms with van der Waals surface area (Å²) in [7, 11) is 2.82. The molecule has 0 fully saturated rings. The van der Waals surface area contributed by atoms with Crippen LogP contribution >= 0.6 is 11.8 Å². The van der Waals surface area contributed by atoms with Gasteiger partial charge in [0.2, 0.25) is 17.4 Å². The zero-order valence-electron chi connectivity index (χ0n) is 18.6. The number of rotatable bonds is 9. The number of nitrogen functional groups attached to an aromatic ring is 1. The number of methoxy groups -OCH3 is 2. The molecule has 0 saturated carbocycles. The van der Waals surface area contributed by atoms with Crippen LogP contribution < -0.4 is 20.6 Å². The fourth-order valence-corrected chi connectivity index (χ4v) is 3.90. The number of hydrazone groups is 1.